The Balaban J connectivity index is 1.70. The first-order valence-corrected chi connectivity index (χ1v) is 10.2. The summed E-state index contributed by atoms with van der Waals surface area (Å²) in [5.74, 6) is 0.902. The van der Waals surface area contributed by atoms with Gasteiger partial charge in [0.15, 0.2) is 0 Å². The molecule has 0 bridgehead atoms. The molecule has 1 atom stereocenters. The fourth-order valence-electron chi connectivity index (χ4n) is 3.17. The maximum absolute atomic E-state index is 6.17. The van der Waals surface area contributed by atoms with Crippen LogP contribution in [0.15, 0.2) is 60.7 Å². The van der Waals surface area contributed by atoms with Gasteiger partial charge < -0.3 is 9.47 Å². The van der Waals surface area contributed by atoms with Crippen LogP contribution in [0.3, 0.4) is 0 Å². The van der Waals surface area contributed by atoms with Crippen molar-refractivity contribution < 1.29 is 9.47 Å². The van der Waals surface area contributed by atoms with Crippen LogP contribution >= 0.6 is 0 Å². The normalized spacial score (nSPS) is 12.0. The Morgan fingerprint density at radius 2 is 1.31 bits per heavy atom. The van der Waals surface area contributed by atoms with E-state index < -0.39 is 0 Å². The number of para-hydroxylation sites is 1. The van der Waals surface area contributed by atoms with Crippen LogP contribution in [0.25, 0.3) is 0 Å². The fraction of sp³-hybridized carbons (Fsp3) is 0.500. The lowest BCUT2D eigenvalue weighted by Crippen LogP contribution is -2.11. The van der Waals surface area contributed by atoms with Gasteiger partial charge in [-0.25, -0.2) is 0 Å². The van der Waals surface area contributed by atoms with Crippen molar-refractivity contribution in [1.29, 1.82) is 0 Å². The summed E-state index contributed by atoms with van der Waals surface area (Å²) in [4.78, 5) is 0. The maximum Gasteiger partial charge on any atom is 0.119 e. The zero-order valence-corrected chi connectivity index (χ0v) is 16.2. The molecule has 2 aromatic rings. The summed E-state index contributed by atoms with van der Waals surface area (Å²) in [5, 5.41) is 0. The van der Waals surface area contributed by atoms with E-state index in [-0.39, 0.29) is 6.10 Å². The van der Waals surface area contributed by atoms with Crippen molar-refractivity contribution >= 4 is 0 Å². The van der Waals surface area contributed by atoms with Crippen molar-refractivity contribution in [2.75, 3.05) is 13.2 Å². The van der Waals surface area contributed by atoms with Gasteiger partial charge in [-0.1, -0.05) is 100 Å². The Labute approximate surface area is 159 Å². The Morgan fingerprint density at radius 3 is 2.00 bits per heavy atom. The number of benzene rings is 2. The van der Waals surface area contributed by atoms with Gasteiger partial charge in [0.25, 0.3) is 0 Å². The van der Waals surface area contributed by atoms with Gasteiger partial charge in [-0.3, -0.25) is 0 Å². The van der Waals surface area contributed by atoms with E-state index in [1.54, 1.807) is 0 Å². The molecule has 0 spiro atoms. The summed E-state index contributed by atoms with van der Waals surface area (Å²) < 4.78 is 11.9. The summed E-state index contributed by atoms with van der Waals surface area (Å²) in [6, 6.07) is 20.5. The topological polar surface area (TPSA) is 18.5 Å². The van der Waals surface area contributed by atoms with Gasteiger partial charge >= 0.3 is 0 Å². The average molecular weight is 355 g/mol. The molecule has 2 nitrogen and oxygen atoms in total. The first kappa shape index (κ1) is 20.5. The molecule has 2 aromatic carbocycles. The van der Waals surface area contributed by atoms with Crippen LogP contribution in [0.4, 0.5) is 0 Å². The van der Waals surface area contributed by atoms with Crippen LogP contribution in [0.5, 0.6) is 5.75 Å². The number of rotatable bonds is 14. The summed E-state index contributed by atoms with van der Waals surface area (Å²) in [5.41, 5.74) is 1.28. The Kier molecular flexibility index (Phi) is 10.6. The van der Waals surface area contributed by atoms with Crippen molar-refractivity contribution in [2.24, 2.45) is 0 Å². The van der Waals surface area contributed by atoms with E-state index in [9.17, 15) is 0 Å². The van der Waals surface area contributed by atoms with E-state index in [1.165, 1.54) is 50.5 Å². The third-order valence-electron chi connectivity index (χ3n) is 4.66. The highest BCUT2D eigenvalue weighted by Gasteiger charge is 2.11. The zero-order valence-electron chi connectivity index (χ0n) is 16.2. The molecule has 0 amide bonds. The highest BCUT2D eigenvalue weighted by Crippen LogP contribution is 2.24. The van der Waals surface area contributed by atoms with Gasteiger partial charge in [-0.2, -0.15) is 0 Å². The van der Waals surface area contributed by atoms with Gasteiger partial charge in [0.1, 0.15) is 12.4 Å². The second-order valence-electron chi connectivity index (χ2n) is 6.84. The lowest BCUT2D eigenvalue weighted by Gasteiger charge is -2.19. The van der Waals surface area contributed by atoms with Crippen molar-refractivity contribution in [3.63, 3.8) is 0 Å². The molecule has 0 aliphatic rings. The van der Waals surface area contributed by atoms with Crippen molar-refractivity contribution in [2.45, 2.75) is 64.4 Å². The number of unbranched alkanes of at least 4 members (excludes halogenated alkanes) is 6. The average Bonchev–Trinajstić information content (AvgIpc) is 2.70. The van der Waals surface area contributed by atoms with E-state index in [2.05, 4.69) is 37.3 Å². The molecule has 0 aliphatic carbocycles. The number of hydrogen-bond donors (Lipinski definition) is 0. The summed E-state index contributed by atoms with van der Waals surface area (Å²) in [6.45, 7) is 3.47. The molecule has 0 saturated carbocycles. The third kappa shape index (κ3) is 8.53. The summed E-state index contributed by atoms with van der Waals surface area (Å²) in [6.07, 6.45) is 10.6. The molecule has 2 heteroatoms. The van der Waals surface area contributed by atoms with Gasteiger partial charge in [-0.15, -0.1) is 0 Å². The molecule has 0 saturated heterocycles. The number of hydrogen-bond acceptors (Lipinski definition) is 2. The monoisotopic (exact) mass is 354 g/mol. The molecule has 1 unspecified atom stereocenters. The Bertz CT molecular complexity index is 553. The smallest absolute Gasteiger partial charge is 0.119 e. The summed E-state index contributed by atoms with van der Waals surface area (Å²) in [7, 11) is 0. The van der Waals surface area contributed by atoms with Crippen molar-refractivity contribution in [3.05, 3.63) is 66.2 Å². The standard InChI is InChI=1S/C24H34O2/c1-2-3-4-5-6-7-14-19-24(22-15-10-8-11-16-22)26-21-20-25-23-17-12-9-13-18-23/h8-13,15-18,24H,2-7,14,19-21H2,1H3. The molecule has 26 heavy (non-hydrogen) atoms. The molecule has 0 N–H and O–H groups in total. The lowest BCUT2D eigenvalue weighted by atomic mass is 10.0. The minimum atomic E-state index is 0.172. The molecule has 0 radical (unpaired) electrons. The molecule has 142 valence electrons. The summed E-state index contributed by atoms with van der Waals surface area (Å²) >= 11 is 0. The molecule has 0 heterocycles. The second kappa shape index (κ2) is 13.4. The SMILES string of the molecule is CCCCCCCCCC(OCCOc1ccccc1)c1ccccc1. The molecular formula is C24H34O2. The quantitative estimate of drug-likeness (QED) is 0.341. The molecular weight excluding hydrogens is 320 g/mol. The van der Waals surface area contributed by atoms with Crippen LogP contribution in [-0.4, -0.2) is 13.2 Å². The minimum Gasteiger partial charge on any atom is -0.491 e. The largest absolute Gasteiger partial charge is 0.491 e. The fourth-order valence-corrected chi connectivity index (χ4v) is 3.17. The van der Waals surface area contributed by atoms with E-state index in [0.717, 1.165) is 12.2 Å². The van der Waals surface area contributed by atoms with Gasteiger partial charge in [0, 0.05) is 0 Å². The van der Waals surface area contributed by atoms with Gasteiger partial charge in [-0.05, 0) is 24.1 Å². The minimum absolute atomic E-state index is 0.172. The highest BCUT2D eigenvalue weighted by molar-refractivity contribution is 5.21. The predicted octanol–water partition coefficient (Wildman–Crippen LogP) is 6.96. The highest BCUT2D eigenvalue weighted by atomic mass is 16.5. The van der Waals surface area contributed by atoms with Crippen LogP contribution in [0.1, 0.15) is 70.0 Å². The third-order valence-corrected chi connectivity index (χ3v) is 4.66. The molecule has 0 aromatic heterocycles. The van der Waals surface area contributed by atoms with Crippen LogP contribution < -0.4 is 4.74 Å². The Hall–Kier alpha value is -1.80. The van der Waals surface area contributed by atoms with E-state index in [1.807, 2.05) is 30.3 Å². The molecule has 0 aliphatic heterocycles. The van der Waals surface area contributed by atoms with E-state index >= 15 is 0 Å². The van der Waals surface area contributed by atoms with Crippen molar-refractivity contribution in [1.82, 2.24) is 0 Å². The lowest BCUT2D eigenvalue weighted by molar-refractivity contribution is 0.0263. The second-order valence-corrected chi connectivity index (χ2v) is 6.84. The van der Waals surface area contributed by atoms with E-state index in [0.29, 0.717) is 13.2 Å². The van der Waals surface area contributed by atoms with Crippen LogP contribution in [-0.2, 0) is 4.74 Å². The number of ether oxygens (including phenoxy) is 2. The maximum atomic E-state index is 6.17. The van der Waals surface area contributed by atoms with Gasteiger partial charge in [0.05, 0.1) is 12.7 Å². The van der Waals surface area contributed by atoms with Crippen LogP contribution in [0, 0.1) is 0 Å². The molecule has 0 fully saturated rings. The van der Waals surface area contributed by atoms with Crippen LogP contribution in [0.2, 0.25) is 0 Å². The molecule has 2 rings (SSSR count). The first-order chi connectivity index (χ1) is 12.9. The van der Waals surface area contributed by atoms with Gasteiger partial charge in [0.2, 0.25) is 0 Å². The zero-order chi connectivity index (χ0) is 18.3. The predicted molar refractivity (Wildman–Crippen MR) is 110 cm³/mol. The van der Waals surface area contributed by atoms with Crippen molar-refractivity contribution in [3.8, 4) is 5.75 Å². The van der Waals surface area contributed by atoms with E-state index in [4.69, 9.17) is 9.47 Å². The Morgan fingerprint density at radius 1 is 0.692 bits per heavy atom. The first-order valence-electron chi connectivity index (χ1n) is 10.2.